The Bertz CT molecular complexity index is 584. The molecular weight excluding hydrogens is 290 g/mol. The fourth-order valence-electron chi connectivity index (χ4n) is 1.98. The van der Waals surface area contributed by atoms with Gasteiger partial charge in [-0.3, -0.25) is 0 Å². The van der Waals surface area contributed by atoms with E-state index in [9.17, 15) is 5.11 Å². The maximum atomic E-state index is 9.19. The molecule has 0 saturated heterocycles. The van der Waals surface area contributed by atoms with Crippen LogP contribution in [0.25, 0.3) is 0 Å². The van der Waals surface area contributed by atoms with Crippen molar-refractivity contribution in [3.8, 4) is 0 Å². The van der Waals surface area contributed by atoms with E-state index < -0.39 is 11.5 Å². The number of nitrogens with two attached hydrogens (primary N) is 1. The molecule has 0 unspecified atom stereocenters. The van der Waals surface area contributed by atoms with Gasteiger partial charge in [-0.05, 0) is 12.5 Å². The predicted molar refractivity (Wildman–Crippen MR) is 83.6 cm³/mol. The highest BCUT2D eigenvalue weighted by atomic mass is 35.5. The molecule has 0 aliphatic heterocycles. The van der Waals surface area contributed by atoms with E-state index in [-0.39, 0.29) is 19.0 Å². The Balaban J connectivity index is 0.00000220. The van der Waals surface area contributed by atoms with Gasteiger partial charge in [0, 0.05) is 11.5 Å². The van der Waals surface area contributed by atoms with E-state index in [2.05, 4.69) is 16.2 Å². The van der Waals surface area contributed by atoms with Gasteiger partial charge in [0.25, 0.3) is 0 Å². The Morgan fingerprint density at radius 1 is 1.38 bits per heavy atom. The summed E-state index contributed by atoms with van der Waals surface area (Å²) in [6.45, 7) is 5.73. The molecule has 0 amide bonds. The van der Waals surface area contributed by atoms with E-state index in [4.69, 9.17) is 10.3 Å². The molecule has 5 nitrogen and oxygen atoms in total. The average Bonchev–Trinajstić information content (AvgIpc) is 2.87. The summed E-state index contributed by atoms with van der Waals surface area (Å²) in [6, 6.07) is 7.75. The van der Waals surface area contributed by atoms with E-state index in [1.54, 1.807) is 0 Å². The second kappa shape index (κ2) is 7.02. The average molecular weight is 312 g/mol. The Morgan fingerprint density at radius 3 is 2.71 bits per heavy atom. The third kappa shape index (κ3) is 4.03. The van der Waals surface area contributed by atoms with E-state index >= 15 is 0 Å². The largest absolute Gasteiger partial charge is 0.395 e. The summed E-state index contributed by atoms with van der Waals surface area (Å²) in [4.78, 5) is 4.41. The molecule has 0 saturated carbocycles. The Hall–Kier alpha value is -1.43. The first-order chi connectivity index (χ1) is 9.43. The van der Waals surface area contributed by atoms with Crippen LogP contribution in [0, 0.1) is 6.92 Å². The normalized spacial score (nSPS) is 12.8. The Labute approximate surface area is 131 Å². The minimum Gasteiger partial charge on any atom is -0.395 e. The number of hydrogen-bond acceptors (Lipinski definition) is 5. The van der Waals surface area contributed by atoms with Gasteiger partial charge in [-0.25, -0.2) is 0 Å². The summed E-state index contributed by atoms with van der Waals surface area (Å²) in [5, 5.41) is 13.2. The smallest absolute Gasteiger partial charge is 0.231 e. The van der Waals surface area contributed by atoms with Crippen molar-refractivity contribution >= 4 is 12.4 Å². The lowest BCUT2D eigenvalue weighted by Crippen LogP contribution is -2.44. The van der Waals surface area contributed by atoms with Gasteiger partial charge < -0.3 is 15.4 Å². The highest BCUT2D eigenvalue weighted by Crippen LogP contribution is 2.23. The lowest BCUT2D eigenvalue weighted by molar-refractivity contribution is 0.212. The Kier molecular flexibility index (Phi) is 5.89. The van der Waals surface area contributed by atoms with E-state index in [0.717, 1.165) is 5.56 Å². The van der Waals surface area contributed by atoms with Gasteiger partial charge in [-0.1, -0.05) is 48.8 Å². The lowest BCUT2D eigenvalue weighted by Gasteiger charge is -2.26. The molecule has 1 aromatic carbocycles. The number of rotatable bonds is 5. The molecule has 0 aliphatic rings. The topological polar surface area (TPSA) is 85.2 Å². The van der Waals surface area contributed by atoms with Crippen LogP contribution in [0.1, 0.15) is 36.7 Å². The quantitative estimate of drug-likeness (QED) is 0.882. The molecule has 0 fully saturated rings. The van der Waals surface area contributed by atoms with Crippen molar-refractivity contribution in [1.29, 1.82) is 0 Å². The molecular formula is C15H22ClN3O2. The molecule has 2 rings (SSSR count). The van der Waals surface area contributed by atoms with Crippen LogP contribution in [0.3, 0.4) is 0 Å². The predicted octanol–water partition coefficient (Wildman–Crippen LogP) is 1.99. The van der Waals surface area contributed by atoms with Gasteiger partial charge in [-0.2, -0.15) is 4.98 Å². The number of nitrogens with zero attached hydrogens (tertiary/aromatic N) is 2. The van der Waals surface area contributed by atoms with Crippen LogP contribution < -0.4 is 5.73 Å². The highest BCUT2D eigenvalue weighted by molar-refractivity contribution is 5.85. The molecule has 0 aliphatic carbocycles. The molecule has 2 aromatic rings. The summed E-state index contributed by atoms with van der Waals surface area (Å²) < 4.78 is 5.29. The zero-order valence-electron chi connectivity index (χ0n) is 12.5. The third-order valence-corrected chi connectivity index (χ3v) is 3.61. The van der Waals surface area contributed by atoms with Gasteiger partial charge in [0.2, 0.25) is 5.89 Å². The van der Waals surface area contributed by atoms with Crippen LogP contribution in [0.2, 0.25) is 0 Å². The van der Waals surface area contributed by atoms with Crippen molar-refractivity contribution in [2.24, 2.45) is 5.73 Å². The van der Waals surface area contributed by atoms with Crippen molar-refractivity contribution in [2.45, 2.75) is 38.6 Å². The molecule has 1 heterocycles. The summed E-state index contributed by atoms with van der Waals surface area (Å²) in [5.74, 6) is 1.09. The van der Waals surface area contributed by atoms with Crippen LogP contribution >= 0.6 is 12.4 Å². The van der Waals surface area contributed by atoms with Gasteiger partial charge in [0.1, 0.15) is 0 Å². The van der Waals surface area contributed by atoms with Crippen LogP contribution in [-0.4, -0.2) is 27.9 Å². The van der Waals surface area contributed by atoms with E-state index in [0.29, 0.717) is 18.1 Å². The molecule has 0 radical (unpaired) electrons. The Morgan fingerprint density at radius 2 is 2.10 bits per heavy atom. The third-order valence-electron chi connectivity index (χ3n) is 3.61. The monoisotopic (exact) mass is 311 g/mol. The summed E-state index contributed by atoms with van der Waals surface area (Å²) in [5.41, 5.74) is 7.70. The van der Waals surface area contributed by atoms with Crippen LogP contribution in [-0.2, 0) is 11.8 Å². The zero-order valence-corrected chi connectivity index (χ0v) is 13.4. The van der Waals surface area contributed by atoms with Crippen LogP contribution in [0.15, 0.2) is 28.8 Å². The van der Waals surface area contributed by atoms with Crippen molar-refractivity contribution in [1.82, 2.24) is 10.1 Å². The van der Waals surface area contributed by atoms with Gasteiger partial charge in [0.15, 0.2) is 5.82 Å². The molecule has 0 bridgehead atoms. The lowest BCUT2D eigenvalue weighted by atomic mass is 9.84. The van der Waals surface area contributed by atoms with Crippen LogP contribution in [0.4, 0.5) is 0 Å². The van der Waals surface area contributed by atoms with E-state index in [1.165, 1.54) is 5.56 Å². The maximum absolute atomic E-state index is 9.19. The van der Waals surface area contributed by atoms with Gasteiger partial charge >= 0.3 is 0 Å². The van der Waals surface area contributed by atoms with Crippen molar-refractivity contribution in [3.63, 3.8) is 0 Å². The molecule has 0 spiro atoms. The SMILES string of the molecule is Cc1cccc(Cc2nc(C(C)(C)[C@H](N)CO)no2)c1.Cl. The maximum Gasteiger partial charge on any atom is 0.231 e. The first kappa shape index (κ1) is 17.6. The fourth-order valence-corrected chi connectivity index (χ4v) is 1.98. The summed E-state index contributed by atoms with van der Waals surface area (Å²) in [7, 11) is 0. The molecule has 21 heavy (non-hydrogen) atoms. The first-order valence-corrected chi connectivity index (χ1v) is 6.68. The van der Waals surface area contributed by atoms with Crippen molar-refractivity contribution in [2.75, 3.05) is 6.61 Å². The number of hydrogen-bond donors (Lipinski definition) is 2. The highest BCUT2D eigenvalue weighted by Gasteiger charge is 2.33. The van der Waals surface area contributed by atoms with Crippen molar-refractivity contribution < 1.29 is 9.63 Å². The minimum absolute atomic E-state index is 0. The number of aromatic nitrogens is 2. The van der Waals surface area contributed by atoms with Gasteiger partial charge in [0.05, 0.1) is 13.0 Å². The molecule has 1 aromatic heterocycles. The van der Waals surface area contributed by atoms with Crippen LogP contribution in [0.5, 0.6) is 0 Å². The molecule has 116 valence electrons. The standard InChI is InChI=1S/C15H21N3O2.ClH/c1-10-5-4-6-11(7-10)8-13-17-14(18-20-13)15(2,3)12(16)9-19;/h4-7,12,19H,8-9,16H2,1-3H3;1H/t12-;/m1./s1. The number of benzene rings is 1. The second-order valence-corrected chi connectivity index (χ2v) is 5.69. The number of halogens is 1. The van der Waals surface area contributed by atoms with Crippen molar-refractivity contribution in [3.05, 3.63) is 47.1 Å². The summed E-state index contributed by atoms with van der Waals surface area (Å²) >= 11 is 0. The summed E-state index contributed by atoms with van der Waals surface area (Å²) in [6.07, 6.45) is 0.596. The first-order valence-electron chi connectivity index (χ1n) is 6.68. The van der Waals surface area contributed by atoms with Gasteiger partial charge in [-0.15, -0.1) is 12.4 Å². The number of aliphatic hydroxyl groups is 1. The molecule has 6 heteroatoms. The van der Waals surface area contributed by atoms with E-state index in [1.807, 2.05) is 39.0 Å². The number of aliphatic hydroxyl groups excluding tert-OH is 1. The fraction of sp³-hybridized carbons (Fsp3) is 0.467. The molecule has 1 atom stereocenters. The minimum atomic E-state index is -0.525. The number of aryl methyl sites for hydroxylation is 1. The zero-order chi connectivity index (χ0) is 14.8. The second-order valence-electron chi connectivity index (χ2n) is 5.69. The molecule has 3 N–H and O–H groups in total.